The van der Waals surface area contributed by atoms with Crippen LogP contribution in [0.15, 0.2) is 42.5 Å². The molecule has 98 valence electrons. The van der Waals surface area contributed by atoms with Gasteiger partial charge in [-0.05, 0) is 36.4 Å². The first-order valence-electron chi connectivity index (χ1n) is 5.21. The molecule has 3 nitrogen and oxygen atoms in total. The molecule has 6 heteroatoms. The van der Waals surface area contributed by atoms with E-state index in [9.17, 15) is 9.90 Å². The Hall–Kier alpha value is -1.42. The lowest BCUT2D eigenvalue weighted by Gasteiger charge is -2.26. The first-order valence-corrected chi connectivity index (χ1v) is 6.34. The predicted molar refractivity (Wildman–Crippen MR) is 75.4 cm³/mol. The Labute approximate surface area is 124 Å². The van der Waals surface area contributed by atoms with Gasteiger partial charge >= 0.3 is 0 Å². The minimum Gasteiger partial charge on any atom is -0.529 e. The molecule has 2 aromatic carbocycles. The fourth-order valence-corrected chi connectivity index (χ4v) is 2.17. The maximum absolute atomic E-state index is 11.3. The lowest BCUT2D eigenvalue weighted by molar-refractivity contribution is -0.245. The van der Waals surface area contributed by atoms with Gasteiger partial charge in [0.15, 0.2) is 0 Å². The highest BCUT2D eigenvalue weighted by molar-refractivity contribution is 6.36. The number of rotatable bonds is 2. The minimum absolute atomic E-state index is 0.219. The molecule has 1 amide bonds. The van der Waals surface area contributed by atoms with Gasteiger partial charge in [0, 0.05) is 15.7 Å². The topological polar surface area (TPSA) is 43.4 Å². The van der Waals surface area contributed by atoms with Gasteiger partial charge in [-0.25, -0.2) is 0 Å². The molecular weight excluding hydrogens is 309 g/mol. The molecule has 0 aromatic heterocycles. The van der Waals surface area contributed by atoms with E-state index in [1.807, 2.05) is 0 Å². The highest BCUT2D eigenvalue weighted by atomic mass is 35.5. The number of carboxylic acid groups (broad SMARTS) is 1. The summed E-state index contributed by atoms with van der Waals surface area (Å²) in [5, 5.41) is 12.4. The van der Waals surface area contributed by atoms with E-state index in [-0.39, 0.29) is 10.7 Å². The van der Waals surface area contributed by atoms with E-state index >= 15 is 0 Å². The van der Waals surface area contributed by atoms with Crippen LogP contribution in [0.5, 0.6) is 0 Å². The van der Waals surface area contributed by atoms with Gasteiger partial charge in [0.25, 0.3) is 0 Å². The summed E-state index contributed by atoms with van der Waals surface area (Å²) >= 11 is 17.7. The molecule has 0 bridgehead atoms. The second-order valence-electron chi connectivity index (χ2n) is 3.68. The number of hydrogen-bond acceptors (Lipinski definition) is 2. The second kappa shape index (κ2) is 5.70. The van der Waals surface area contributed by atoms with Gasteiger partial charge in [0.05, 0.1) is 10.7 Å². The standard InChI is InChI=1S/C13H8Cl3NO2/c14-8-2-1-3-10(6-8)17(13(18)19)12-7-9(15)4-5-11(12)16/h1-7H,(H,18,19)/p-1. The van der Waals surface area contributed by atoms with Gasteiger partial charge in [-0.15, -0.1) is 0 Å². The van der Waals surface area contributed by atoms with Crippen molar-refractivity contribution < 1.29 is 9.90 Å². The van der Waals surface area contributed by atoms with Crippen molar-refractivity contribution in [2.24, 2.45) is 0 Å². The molecule has 0 aliphatic rings. The van der Waals surface area contributed by atoms with Crippen LogP contribution in [0.3, 0.4) is 0 Å². The molecule has 0 heterocycles. The Morgan fingerprint density at radius 3 is 2.32 bits per heavy atom. The number of anilines is 2. The second-order valence-corrected chi connectivity index (χ2v) is 4.96. The van der Waals surface area contributed by atoms with Crippen LogP contribution >= 0.6 is 34.8 Å². The zero-order chi connectivity index (χ0) is 14.0. The molecule has 0 unspecified atom stereocenters. The largest absolute Gasteiger partial charge is 0.529 e. The van der Waals surface area contributed by atoms with Gasteiger partial charge < -0.3 is 9.90 Å². The number of carbonyl (C=O) groups is 1. The average Bonchev–Trinajstić information content (AvgIpc) is 2.33. The lowest BCUT2D eigenvalue weighted by Crippen LogP contribution is -2.38. The summed E-state index contributed by atoms with van der Waals surface area (Å²) in [7, 11) is 0. The van der Waals surface area contributed by atoms with Crippen molar-refractivity contribution in [1.82, 2.24) is 0 Å². The maximum atomic E-state index is 11.3. The van der Waals surface area contributed by atoms with Crippen molar-refractivity contribution in [1.29, 1.82) is 0 Å². The summed E-state index contributed by atoms with van der Waals surface area (Å²) in [6.07, 6.45) is -1.42. The quantitative estimate of drug-likeness (QED) is 0.836. The number of amides is 1. The number of nitrogens with zero attached hydrogens (tertiary/aromatic N) is 1. The molecule has 0 fully saturated rings. The van der Waals surface area contributed by atoms with Crippen molar-refractivity contribution in [3.05, 3.63) is 57.5 Å². The van der Waals surface area contributed by atoms with E-state index in [0.717, 1.165) is 4.90 Å². The average molecular weight is 316 g/mol. The van der Waals surface area contributed by atoms with E-state index in [1.165, 1.54) is 18.2 Å². The fourth-order valence-electron chi connectivity index (χ4n) is 1.62. The normalized spacial score (nSPS) is 10.3. The third-order valence-electron chi connectivity index (χ3n) is 2.40. The third kappa shape index (κ3) is 3.13. The smallest absolute Gasteiger partial charge is 0.146 e. The summed E-state index contributed by atoms with van der Waals surface area (Å²) < 4.78 is 0. The summed E-state index contributed by atoms with van der Waals surface area (Å²) in [6, 6.07) is 10.9. The molecule has 0 saturated heterocycles. The highest BCUT2D eigenvalue weighted by Gasteiger charge is 2.14. The third-order valence-corrected chi connectivity index (χ3v) is 3.19. The van der Waals surface area contributed by atoms with E-state index in [1.54, 1.807) is 24.3 Å². The molecule has 19 heavy (non-hydrogen) atoms. The summed E-state index contributed by atoms with van der Waals surface area (Å²) in [5.41, 5.74) is 0.549. The number of carbonyl (C=O) groups excluding carboxylic acids is 1. The van der Waals surface area contributed by atoms with Gasteiger partial charge in [0.1, 0.15) is 6.09 Å². The van der Waals surface area contributed by atoms with Gasteiger partial charge in [-0.1, -0.05) is 40.9 Å². The van der Waals surface area contributed by atoms with Gasteiger partial charge in [0.2, 0.25) is 0 Å². The Balaban J connectivity index is 2.58. The molecule has 0 spiro atoms. The Bertz CT molecular complexity index is 631. The maximum Gasteiger partial charge on any atom is 0.146 e. The molecule has 2 rings (SSSR count). The zero-order valence-corrected chi connectivity index (χ0v) is 11.7. The summed E-state index contributed by atoms with van der Waals surface area (Å²) in [4.78, 5) is 12.3. The highest BCUT2D eigenvalue weighted by Crippen LogP contribution is 2.34. The van der Waals surface area contributed by atoms with Crippen molar-refractivity contribution in [2.75, 3.05) is 4.90 Å². The monoisotopic (exact) mass is 314 g/mol. The molecule has 0 saturated carbocycles. The number of hydrogen-bond donors (Lipinski definition) is 0. The molecule has 0 aliphatic heterocycles. The van der Waals surface area contributed by atoms with Crippen molar-refractivity contribution in [3.63, 3.8) is 0 Å². The van der Waals surface area contributed by atoms with E-state index in [2.05, 4.69) is 0 Å². The Morgan fingerprint density at radius 2 is 1.68 bits per heavy atom. The predicted octanol–water partition coefficient (Wildman–Crippen LogP) is 4.13. The van der Waals surface area contributed by atoms with Crippen LogP contribution < -0.4 is 10.0 Å². The van der Waals surface area contributed by atoms with E-state index in [4.69, 9.17) is 34.8 Å². The Morgan fingerprint density at radius 1 is 1.00 bits per heavy atom. The van der Waals surface area contributed by atoms with Crippen LogP contribution in [0, 0.1) is 0 Å². The van der Waals surface area contributed by atoms with Crippen molar-refractivity contribution in [2.45, 2.75) is 0 Å². The van der Waals surface area contributed by atoms with Crippen molar-refractivity contribution in [3.8, 4) is 0 Å². The lowest BCUT2D eigenvalue weighted by atomic mass is 10.2. The SMILES string of the molecule is O=C([O-])N(c1cccc(Cl)c1)c1cc(Cl)ccc1Cl. The van der Waals surface area contributed by atoms with Crippen LogP contribution in [0.2, 0.25) is 15.1 Å². The molecule has 0 atom stereocenters. The van der Waals surface area contributed by atoms with E-state index in [0.29, 0.717) is 15.7 Å². The number of halogens is 3. The van der Waals surface area contributed by atoms with Gasteiger partial charge in [-0.3, -0.25) is 4.90 Å². The molecule has 0 radical (unpaired) electrons. The van der Waals surface area contributed by atoms with Crippen LogP contribution in [0.1, 0.15) is 0 Å². The molecule has 2 aromatic rings. The van der Waals surface area contributed by atoms with Crippen LogP contribution in [0.4, 0.5) is 16.2 Å². The first-order chi connectivity index (χ1) is 8.99. The molecule has 0 N–H and O–H groups in total. The van der Waals surface area contributed by atoms with Gasteiger partial charge in [-0.2, -0.15) is 0 Å². The van der Waals surface area contributed by atoms with Crippen LogP contribution in [-0.2, 0) is 0 Å². The van der Waals surface area contributed by atoms with E-state index < -0.39 is 6.09 Å². The van der Waals surface area contributed by atoms with Crippen LogP contribution in [-0.4, -0.2) is 6.09 Å². The summed E-state index contributed by atoms with van der Waals surface area (Å²) in [5.74, 6) is 0. The molecular formula is C13H7Cl3NO2-. The minimum atomic E-state index is -1.42. The molecule has 0 aliphatic carbocycles. The Kier molecular flexibility index (Phi) is 4.20. The zero-order valence-electron chi connectivity index (χ0n) is 9.44. The van der Waals surface area contributed by atoms with Crippen molar-refractivity contribution >= 4 is 52.3 Å². The van der Waals surface area contributed by atoms with Crippen LogP contribution in [0.25, 0.3) is 0 Å². The fraction of sp³-hybridized carbons (Fsp3) is 0. The summed E-state index contributed by atoms with van der Waals surface area (Å²) in [6.45, 7) is 0. The number of benzene rings is 2. The first kappa shape index (κ1) is 14.0.